The standard InChI is InChI=1S/C11H22O3/c1-4-5-6-7-8-11(12)14-10(2)9-13-3/h10H,4-9H2,1-3H3. The first-order chi connectivity index (χ1) is 6.70. The van der Waals surface area contributed by atoms with Gasteiger partial charge in [0, 0.05) is 13.5 Å². The van der Waals surface area contributed by atoms with Crippen LogP contribution in [-0.4, -0.2) is 25.8 Å². The van der Waals surface area contributed by atoms with Crippen molar-refractivity contribution < 1.29 is 14.3 Å². The summed E-state index contributed by atoms with van der Waals surface area (Å²) < 4.78 is 9.98. The van der Waals surface area contributed by atoms with Gasteiger partial charge in [-0.05, 0) is 13.3 Å². The summed E-state index contributed by atoms with van der Waals surface area (Å²) in [6.07, 6.45) is 4.85. The zero-order chi connectivity index (χ0) is 10.8. The number of ether oxygens (including phenoxy) is 2. The first kappa shape index (κ1) is 13.4. The van der Waals surface area contributed by atoms with Crippen LogP contribution in [0.2, 0.25) is 0 Å². The first-order valence-electron chi connectivity index (χ1n) is 5.39. The van der Waals surface area contributed by atoms with Gasteiger partial charge in [-0.2, -0.15) is 0 Å². The van der Waals surface area contributed by atoms with Gasteiger partial charge in [0.1, 0.15) is 6.10 Å². The van der Waals surface area contributed by atoms with Crippen LogP contribution in [0.3, 0.4) is 0 Å². The quantitative estimate of drug-likeness (QED) is 0.448. The predicted molar refractivity (Wildman–Crippen MR) is 56.2 cm³/mol. The third-order valence-corrected chi connectivity index (χ3v) is 1.97. The van der Waals surface area contributed by atoms with Gasteiger partial charge < -0.3 is 9.47 Å². The smallest absolute Gasteiger partial charge is 0.306 e. The van der Waals surface area contributed by atoms with Crippen LogP contribution in [0.25, 0.3) is 0 Å². The highest BCUT2D eigenvalue weighted by atomic mass is 16.6. The maximum Gasteiger partial charge on any atom is 0.306 e. The number of esters is 1. The maximum atomic E-state index is 11.2. The second kappa shape index (κ2) is 9.00. The number of methoxy groups -OCH3 is 1. The van der Waals surface area contributed by atoms with Crippen LogP contribution in [-0.2, 0) is 14.3 Å². The van der Waals surface area contributed by atoms with Crippen molar-refractivity contribution in [2.24, 2.45) is 0 Å². The van der Waals surface area contributed by atoms with Crippen LogP contribution in [0.1, 0.15) is 46.0 Å². The summed E-state index contributed by atoms with van der Waals surface area (Å²) in [6, 6.07) is 0. The van der Waals surface area contributed by atoms with Gasteiger partial charge in [-0.15, -0.1) is 0 Å². The molecule has 0 heterocycles. The van der Waals surface area contributed by atoms with Crippen molar-refractivity contribution in [3.8, 4) is 0 Å². The molecule has 0 aromatic rings. The molecule has 0 aromatic heterocycles. The molecule has 0 aromatic carbocycles. The lowest BCUT2D eigenvalue weighted by atomic mass is 10.1. The molecule has 0 saturated heterocycles. The molecule has 0 fully saturated rings. The second-order valence-corrected chi connectivity index (χ2v) is 3.57. The van der Waals surface area contributed by atoms with Crippen molar-refractivity contribution in [1.29, 1.82) is 0 Å². The molecule has 0 aliphatic rings. The van der Waals surface area contributed by atoms with E-state index in [2.05, 4.69) is 6.92 Å². The van der Waals surface area contributed by atoms with E-state index in [1.54, 1.807) is 7.11 Å². The molecule has 0 bridgehead atoms. The van der Waals surface area contributed by atoms with E-state index >= 15 is 0 Å². The molecule has 0 aliphatic carbocycles. The average Bonchev–Trinajstić information content (AvgIpc) is 2.13. The zero-order valence-corrected chi connectivity index (χ0v) is 9.54. The fourth-order valence-electron chi connectivity index (χ4n) is 1.25. The molecule has 0 amide bonds. The van der Waals surface area contributed by atoms with Crippen molar-refractivity contribution in [3.05, 3.63) is 0 Å². The minimum atomic E-state index is -0.126. The molecule has 3 nitrogen and oxygen atoms in total. The van der Waals surface area contributed by atoms with E-state index in [-0.39, 0.29) is 12.1 Å². The molecular formula is C11H22O3. The SMILES string of the molecule is CCCCCCC(=O)OC(C)COC. The van der Waals surface area contributed by atoms with E-state index in [0.717, 1.165) is 12.8 Å². The lowest BCUT2D eigenvalue weighted by molar-refractivity contribution is -0.150. The normalized spacial score (nSPS) is 12.5. The molecule has 0 radical (unpaired) electrons. The molecule has 1 atom stereocenters. The summed E-state index contributed by atoms with van der Waals surface area (Å²) >= 11 is 0. The van der Waals surface area contributed by atoms with Crippen LogP contribution in [0.15, 0.2) is 0 Å². The Bertz CT molecular complexity index is 145. The van der Waals surface area contributed by atoms with Crippen LogP contribution < -0.4 is 0 Å². The first-order valence-corrected chi connectivity index (χ1v) is 5.39. The number of unbranched alkanes of at least 4 members (excludes halogenated alkanes) is 3. The maximum absolute atomic E-state index is 11.2. The Balaban J connectivity index is 3.35. The Hall–Kier alpha value is -0.570. The van der Waals surface area contributed by atoms with Crippen LogP contribution in [0, 0.1) is 0 Å². The second-order valence-electron chi connectivity index (χ2n) is 3.57. The number of hydrogen-bond acceptors (Lipinski definition) is 3. The molecule has 1 unspecified atom stereocenters. The third kappa shape index (κ3) is 8.05. The number of carbonyl (C=O) groups is 1. The van der Waals surface area contributed by atoms with Gasteiger partial charge in [-0.1, -0.05) is 26.2 Å². The van der Waals surface area contributed by atoms with Crippen molar-refractivity contribution in [2.75, 3.05) is 13.7 Å². The van der Waals surface area contributed by atoms with E-state index < -0.39 is 0 Å². The average molecular weight is 202 g/mol. The molecule has 14 heavy (non-hydrogen) atoms. The minimum Gasteiger partial charge on any atom is -0.460 e. The zero-order valence-electron chi connectivity index (χ0n) is 9.54. The highest BCUT2D eigenvalue weighted by Gasteiger charge is 2.08. The molecule has 0 rings (SSSR count). The largest absolute Gasteiger partial charge is 0.460 e. The number of rotatable bonds is 8. The number of hydrogen-bond donors (Lipinski definition) is 0. The van der Waals surface area contributed by atoms with Crippen LogP contribution in [0.4, 0.5) is 0 Å². The fourth-order valence-corrected chi connectivity index (χ4v) is 1.25. The predicted octanol–water partition coefficient (Wildman–Crippen LogP) is 2.53. The fraction of sp³-hybridized carbons (Fsp3) is 0.909. The molecule has 3 heteroatoms. The van der Waals surface area contributed by atoms with Gasteiger partial charge in [-0.25, -0.2) is 0 Å². The van der Waals surface area contributed by atoms with Crippen molar-refractivity contribution in [2.45, 2.75) is 52.1 Å². The van der Waals surface area contributed by atoms with E-state index in [1.807, 2.05) is 6.92 Å². The molecule has 0 N–H and O–H groups in total. The highest BCUT2D eigenvalue weighted by molar-refractivity contribution is 5.69. The summed E-state index contributed by atoms with van der Waals surface area (Å²) in [5.74, 6) is -0.106. The Morgan fingerprint density at radius 3 is 2.57 bits per heavy atom. The van der Waals surface area contributed by atoms with Crippen LogP contribution in [0.5, 0.6) is 0 Å². The summed E-state index contributed by atoms with van der Waals surface area (Å²) in [5.41, 5.74) is 0. The monoisotopic (exact) mass is 202 g/mol. The Morgan fingerprint density at radius 1 is 1.29 bits per heavy atom. The molecular weight excluding hydrogens is 180 g/mol. The third-order valence-electron chi connectivity index (χ3n) is 1.97. The number of carbonyl (C=O) groups excluding carboxylic acids is 1. The minimum absolute atomic E-state index is 0.106. The van der Waals surface area contributed by atoms with E-state index in [4.69, 9.17) is 9.47 Å². The van der Waals surface area contributed by atoms with Gasteiger partial charge in [0.15, 0.2) is 0 Å². The molecule has 84 valence electrons. The summed E-state index contributed by atoms with van der Waals surface area (Å²) in [5, 5.41) is 0. The lowest BCUT2D eigenvalue weighted by Gasteiger charge is -2.11. The van der Waals surface area contributed by atoms with Gasteiger partial charge >= 0.3 is 5.97 Å². The Labute approximate surface area is 86.8 Å². The van der Waals surface area contributed by atoms with Gasteiger partial charge in [0.2, 0.25) is 0 Å². The Kier molecular flexibility index (Phi) is 8.64. The van der Waals surface area contributed by atoms with Crippen molar-refractivity contribution in [3.63, 3.8) is 0 Å². The summed E-state index contributed by atoms with van der Waals surface area (Å²) in [6.45, 7) is 4.47. The molecule has 0 spiro atoms. The van der Waals surface area contributed by atoms with E-state index in [0.29, 0.717) is 13.0 Å². The lowest BCUT2D eigenvalue weighted by Crippen LogP contribution is -2.19. The summed E-state index contributed by atoms with van der Waals surface area (Å²) in [4.78, 5) is 11.2. The van der Waals surface area contributed by atoms with Gasteiger partial charge in [-0.3, -0.25) is 4.79 Å². The topological polar surface area (TPSA) is 35.5 Å². The van der Waals surface area contributed by atoms with Crippen molar-refractivity contribution in [1.82, 2.24) is 0 Å². The van der Waals surface area contributed by atoms with Crippen molar-refractivity contribution >= 4 is 5.97 Å². The summed E-state index contributed by atoms with van der Waals surface area (Å²) in [7, 11) is 1.60. The molecule has 0 aliphatic heterocycles. The van der Waals surface area contributed by atoms with Gasteiger partial charge in [0.05, 0.1) is 6.61 Å². The van der Waals surface area contributed by atoms with E-state index in [1.165, 1.54) is 12.8 Å². The van der Waals surface area contributed by atoms with Crippen LogP contribution >= 0.6 is 0 Å². The highest BCUT2D eigenvalue weighted by Crippen LogP contribution is 2.04. The van der Waals surface area contributed by atoms with Gasteiger partial charge in [0.25, 0.3) is 0 Å². The van der Waals surface area contributed by atoms with E-state index in [9.17, 15) is 4.79 Å². The Morgan fingerprint density at radius 2 is 2.00 bits per heavy atom. The molecule has 0 saturated carbocycles.